The average molecular weight is 445 g/mol. The number of rotatable bonds is 4. The summed E-state index contributed by atoms with van der Waals surface area (Å²) in [5, 5.41) is 0. The van der Waals surface area contributed by atoms with Crippen molar-refractivity contribution in [3.05, 3.63) is 23.3 Å². The fraction of sp³-hybridized carbons (Fsp3) is 0.611. The van der Waals surface area contributed by atoms with Gasteiger partial charge in [-0.25, -0.2) is 4.99 Å². The van der Waals surface area contributed by atoms with Gasteiger partial charge in [0.05, 0.1) is 13.2 Å². The van der Waals surface area contributed by atoms with Gasteiger partial charge in [-0.1, -0.05) is 0 Å². The molecule has 1 aromatic rings. The number of piperidine rings is 1. The molecular formula is C18H28IN3O2. The van der Waals surface area contributed by atoms with Gasteiger partial charge in [-0.15, -0.1) is 24.0 Å². The lowest BCUT2D eigenvalue weighted by Crippen LogP contribution is -2.40. The maximum atomic E-state index is 6.16. The molecule has 0 aliphatic carbocycles. The minimum absolute atomic E-state index is 0. The number of hydrogen-bond donors (Lipinski definition) is 1. The SMILES string of the molecule is CCOc1cc2c(cc1CN=C(N)N1CCCCC1)OC(C)C2.I. The Bertz CT molecular complexity index is 586. The van der Waals surface area contributed by atoms with Crippen LogP contribution in [0.2, 0.25) is 0 Å². The van der Waals surface area contributed by atoms with Gasteiger partial charge in [0, 0.05) is 30.6 Å². The van der Waals surface area contributed by atoms with Crippen molar-refractivity contribution >= 4 is 29.9 Å². The third kappa shape index (κ3) is 4.46. The van der Waals surface area contributed by atoms with Gasteiger partial charge in [0.2, 0.25) is 0 Å². The number of guanidine groups is 1. The van der Waals surface area contributed by atoms with Crippen LogP contribution >= 0.6 is 24.0 Å². The monoisotopic (exact) mass is 445 g/mol. The highest BCUT2D eigenvalue weighted by molar-refractivity contribution is 14.0. The van der Waals surface area contributed by atoms with E-state index in [-0.39, 0.29) is 30.1 Å². The number of nitrogens with zero attached hydrogens (tertiary/aromatic N) is 2. The molecule has 1 saturated heterocycles. The van der Waals surface area contributed by atoms with E-state index < -0.39 is 0 Å². The standard InChI is InChI=1S/C18H27N3O2.HI/c1-3-22-16-10-14-9-13(2)23-17(14)11-15(16)12-20-18(19)21-7-5-4-6-8-21;/h10-11,13H,3-9,12H2,1-2H3,(H2,19,20);1H. The first kappa shape index (κ1) is 19.1. The first-order valence-electron chi connectivity index (χ1n) is 8.67. The summed E-state index contributed by atoms with van der Waals surface area (Å²) in [7, 11) is 0. The summed E-state index contributed by atoms with van der Waals surface area (Å²) < 4.78 is 11.7. The Morgan fingerprint density at radius 3 is 2.79 bits per heavy atom. The van der Waals surface area contributed by atoms with Crippen LogP contribution in [0.25, 0.3) is 0 Å². The summed E-state index contributed by atoms with van der Waals surface area (Å²) in [6.07, 6.45) is 4.86. The Morgan fingerprint density at radius 1 is 1.33 bits per heavy atom. The largest absolute Gasteiger partial charge is 0.494 e. The molecule has 24 heavy (non-hydrogen) atoms. The molecule has 6 heteroatoms. The van der Waals surface area contributed by atoms with Crippen molar-refractivity contribution in [3.63, 3.8) is 0 Å². The summed E-state index contributed by atoms with van der Waals surface area (Å²) in [4.78, 5) is 6.77. The Labute approximate surface area is 161 Å². The lowest BCUT2D eigenvalue weighted by Gasteiger charge is -2.27. The Morgan fingerprint density at radius 2 is 2.08 bits per heavy atom. The minimum atomic E-state index is 0. The molecule has 1 fully saturated rings. The number of fused-ring (bicyclic) bond motifs is 1. The number of nitrogens with two attached hydrogens (primary N) is 1. The van der Waals surface area contributed by atoms with Crippen molar-refractivity contribution in [3.8, 4) is 11.5 Å². The predicted molar refractivity (Wildman–Crippen MR) is 108 cm³/mol. The minimum Gasteiger partial charge on any atom is -0.494 e. The van der Waals surface area contributed by atoms with Crippen molar-refractivity contribution in [1.82, 2.24) is 4.90 Å². The van der Waals surface area contributed by atoms with Crippen LogP contribution in [0.15, 0.2) is 17.1 Å². The molecule has 5 nitrogen and oxygen atoms in total. The fourth-order valence-corrected chi connectivity index (χ4v) is 3.28. The van der Waals surface area contributed by atoms with Crippen LogP contribution < -0.4 is 15.2 Å². The molecule has 2 aliphatic heterocycles. The van der Waals surface area contributed by atoms with Crippen molar-refractivity contribution in [1.29, 1.82) is 0 Å². The van der Waals surface area contributed by atoms with Crippen LogP contribution in [0.4, 0.5) is 0 Å². The van der Waals surface area contributed by atoms with Crippen LogP contribution in [-0.2, 0) is 13.0 Å². The summed E-state index contributed by atoms with van der Waals surface area (Å²) >= 11 is 0. The zero-order valence-electron chi connectivity index (χ0n) is 14.6. The first-order chi connectivity index (χ1) is 11.2. The Hall–Kier alpha value is -1.18. The van der Waals surface area contributed by atoms with Gasteiger partial charge in [0.1, 0.15) is 17.6 Å². The Balaban J connectivity index is 0.00000208. The van der Waals surface area contributed by atoms with E-state index in [0.717, 1.165) is 36.6 Å². The van der Waals surface area contributed by atoms with Crippen molar-refractivity contribution in [2.45, 2.75) is 52.2 Å². The van der Waals surface area contributed by atoms with E-state index in [9.17, 15) is 0 Å². The third-order valence-electron chi connectivity index (χ3n) is 4.47. The highest BCUT2D eigenvalue weighted by atomic mass is 127. The molecule has 1 aromatic carbocycles. The van der Waals surface area contributed by atoms with Crippen LogP contribution in [0, 0.1) is 0 Å². The van der Waals surface area contributed by atoms with E-state index in [4.69, 9.17) is 15.2 Å². The summed E-state index contributed by atoms with van der Waals surface area (Å²) in [6, 6.07) is 4.17. The summed E-state index contributed by atoms with van der Waals surface area (Å²) in [5.74, 6) is 2.50. The maximum absolute atomic E-state index is 6.16. The quantitative estimate of drug-likeness (QED) is 0.439. The topological polar surface area (TPSA) is 60.1 Å². The van der Waals surface area contributed by atoms with Crippen LogP contribution in [0.1, 0.15) is 44.2 Å². The number of likely N-dealkylation sites (tertiary alicyclic amines) is 1. The smallest absolute Gasteiger partial charge is 0.191 e. The van der Waals surface area contributed by atoms with Crippen LogP contribution in [0.3, 0.4) is 0 Å². The van der Waals surface area contributed by atoms with E-state index in [1.54, 1.807) is 0 Å². The van der Waals surface area contributed by atoms with Gasteiger partial charge >= 0.3 is 0 Å². The summed E-state index contributed by atoms with van der Waals surface area (Å²) in [6.45, 7) is 7.29. The second-order valence-corrected chi connectivity index (χ2v) is 6.36. The highest BCUT2D eigenvalue weighted by Gasteiger charge is 2.22. The average Bonchev–Trinajstić information content (AvgIpc) is 2.92. The molecule has 1 atom stereocenters. The van der Waals surface area contributed by atoms with Crippen molar-refractivity contribution in [2.24, 2.45) is 10.7 Å². The maximum Gasteiger partial charge on any atom is 0.191 e. The predicted octanol–water partition coefficient (Wildman–Crippen LogP) is 3.33. The molecule has 3 rings (SSSR count). The molecule has 0 radical (unpaired) electrons. The first-order valence-corrected chi connectivity index (χ1v) is 8.67. The van der Waals surface area contributed by atoms with Crippen molar-refractivity contribution < 1.29 is 9.47 Å². The molecule has 2 N–H and O–H groups in total. The zero-order chi connectivity index (χ0) is 16.2. The number of aliphatic imine (C=N–C) groups is 1. The molecule has 0 aromatic heterocycles. The van der Waals surface area contributed by atoms with Gasteiger partial charge < -0.3 is 20.1 Å². The second-order valence-electron chi connectivity index (χ2n) is 6.36. The zero-order valence-corrected chi connectivity index (χ0v) is 16.9. The number of benzene rings is 1. The molecule has 1 unspecified atom stereocenters. The van der Waals surface area contributed by atoms with Gasteiger partial charge in [0.25, 0.3) is 0 Å². The van der Waals surface area contributed by atoms with Crippen molar-refractivity contribution in [2.75, 3.05) is 19.7 Å². The van der Waals surface area contributed by atoms with E-state index >= 15 is 0 Å². The fourth-order valence-electron chi connectivity index (χ4n) is 3.28. The molecule has 0 spiro atoms. The van der Waals surface area contributed by atoms with Gasteiger partial charge in [0.15, 0.2) is 5.96 Å². The van der Waals surface area contributed by atoms with Gasteiger partial charge in [-0.3, -0.25) is 0 Å². The third-order valence-corrected chi connectivity index (χ3v) is 4.47. The van der Waals surface area contributed by atoms with E-state index in [0.29, 0.717) is 19.1 Å². The molecule has 0 amide bonds. The van der Waals surface area contributed by atoms with E-state index in [2.05, 4.69) is 28.9 Å². The van der Waals surface area contributed by atoms with Crippen LogP contribution in [-0.4, -0.2) is 36.7 Å². The summed E-state index contributed by atoms with van der Waals surface area (Å²) in [5.41, 5.74) is 8.42. The van der Waals surface area contributed by atoms with Gasteiger partial charge in [-0.05, 0) is 45.2 Å². The number of hydrogen-bond acceptors (Lipinski definition) is 3. The lowest BCUT2D eigenvalue weighted by molar-refractivity contribution is 0.254. The van der Waals surface area contributed by atoms with Gasteiger partial charge in [-0.2, -0.15) is 0 Å². The number of halogens is 1. The molecule has 2 aliphatic rings. The lowest BCUT2D eigenvalue weighted by atomic mass is 10.1. The van der Waals surface area contributed by atoms with E-state index in [1.807, 2.05) is 6.92 Å². The second kappa shape index (κ2) is 8.78. The normalized spacial score (nSPS) is 20.2. The Kier molecular flexibility index (Phi) is 7.01. The molecular weight excluding hydrogens is 417 g/mol. The van der Waals surface area contributed by atoms with E-state index in [1.165, 1.54) is 24.8 Å². The highest BCUT2D eigenvalue weighted by Crippen LogP contribution is 2.35. The number of ether oxygens (including phenoxy) is 2. The van der Waals surface area contributed by atoms with Crippen LogP contribution in [0.5, 0.6) is 11.5 Å². The molecule has 2 heterocycles. The molecule has 134 valence electrons. The molecule has 0 saturated carbocycles. The molecule has 0 bridgehead atoms.